The van der Waals surface area contributed by atoms with Crippen molar-refractivity contribution in [3.63, 3.8) is 0 Å². The summed E-state index contributed by atoms with van der Waals surface area (Å²) in [5.41, 5.74) is 2.03. The van der Waals surface area contributed by atoms with Crippen LogP contribution in [0.4, 0.5) is 0 Å². The summed E-state index contributed by atoms with van der Waals surface area (Å²) in [5.74, 6) is 2.56. The van der Waals surface area contributed by atoms with Gasteiger partial charge in [0.15, 0.2) is 0 Å². The lowest BCUT2D eigenvalue weighted by Crippen LogP contribution is -2.01. The molecule has 0 aliphatic rings. The smallest absolute Gasteiger partial charge is 0.222 e. The van der Waals surface area contributed by atoms with Crippen LogP contribution in [0.3, 0.4) is 0 Å². The van der Waals surface area contributed by atoms with Crippen LogP contribution >= 0.6 is 0 Å². The number of para-hydroxylation sites is 1. The molecular weight excluding hydrogens is 224 g/mol. The molecule has 0 bridgehead atoms. The fourth-order valence-electron chi connectivity index (χ4n) is 1.66. The average molecular weight is 242 g/mol. The Balaban J connectivity index is 2.32. The second-order valence-electron chi connectivity index (χ2n) is 4.73. The zero-order valence-corrected chi connectivity index (χ0v) is 11.3. The second-order valence-corrected chi connectivity index (χ2v) is 4.73. The van der Waals surface area contributed by atoms with Gasteiger partial charge in [-0.25, -0.2) is 4.98 Å². The number of ether oxygens (including phenoxy) is 1. The maximum Gasteiger partial charge on any atom is 0.222 e. The van der Waals surface area contributed by atoms with Crippen molar-refractivity contribution >= 4 is 0 Å². The SMILES string of the molecule is Cc1cc(Oc2ccccc2C)nc(C(C)C)n1. The highest BCUT2D eigenvalue weighted by molar-refractivity contribution is 5.35. The van der Waals surface area contributed by atoms with Crippen LogP contribution in [0.25, 0.3) is 0 Å². The van der Waals surface area contributed by atoms with E-state index >= 15 is 0 Å². The van der Waals surface area contributed by atoms with Crippen LogP contribution < -0.4 is 4.74 Å². The van der Waals surface area contributed by atoms with Gasteiger partial charge in [-0.15, -0.1) is 0 Å². The number of benzene rings is 1. The van der Waals surface area contributed by atoms with Crippen LogP contribution in [0.15, 0.2) is 30.3 Å². The van der Waals surface area contributed by atoms with Gasteiger partial charge in [0.2, 0.25) is 5.88 Å². The fraction of sp³-hybridized carbons (Fsp3) is 0.333. The van der Waals surface area contributed by atoms with Crippen molar-refractivity contribution in [2.75, 3.05) is 0 Å². The average Bonchev–Trinajstić information content (AvgIpc) is 2.31. The minimum absolute atomic E-state index is 0.295. The van der Waals surface area contributed by atoms with Gasteiger partial charge in [0.25, 0.3) is 0 Å². The van der Waals surface area contributed by atoms with Crippen molar-refractivity contribution < 1.29 is 4.74 Å². The van der Waals surface area contributed by atoms with Gasteiger partial charge in [0, 0.05) is 17.7 Å². The number of hydrogen-bond acceptors (Lipinski definition) is 3. The molecule has 2 aromatic rings. The Morgan fingerprint density at radius 3 is 2.44 bits per heavy atom. The molecule has 0 saturated heterocycles. The van der Waals surface area contributed by atoms with Gasteiger partial charge in [0.1, 0.15) is 11.6 Å². The van der Waals surface area contributed by atoms with Crippen LogP contribution in [0.5, 0.6) is 11.6 Å². The summed E-state index contributed by atoms with van der Waals surface area (Å²) in [6, 6.07) is 9.78. The standard InChI is InChI=1S/C15H18N2O/c1-10(2)15-16-12(4)9-14(17-15)18-13-8-6-5-7-11(13)3/h5-10H,1-4H3. The van der Waals surface area contributed by atoms with E-state index in [2.05, 4.69) is 23.8 Å². The lowest BCUT2D eigenvalue weighted by atomic mass is 10.2. The highest BCUT2D eigenvalue weighted by Crippen LogP contribution is 2.24. The van der Waals surface area contributed by atoms with Gasteiger partial charge < -0.3 is 4.74 Å². The van der Waals surface area contributed by atoms with Crippen molar-refractivity contribution in [1.29, 1.82) is 0 Å². The molecule has 0 radical (unpaired) electrons. The molecular formula is C15H18N2O. The maximum absolute atomic E-state index is 5.83. The second kappa shape index (κ2) is 5.17. The molecule has 0 unspecified atom stereocenters. The highest BCUT2D eigenvalue weighted by atomic mass is 16.5. The Morgan fingerprint density at radius 2 is 1.78 bits per heavy atom. The molecule has 94 valence electrons. The molecule has 1 aromatic heterocycles. The predicted molar refractivity (Wildman–Crippen MR) is 72.1 cm³/mol. The molecule has 0 aliphatic carbocycles. The Bertz CT molecular complexity index is 550. The molecule has 0 aliphatic heterocycles. The monoisotopic (exact) mass is 242 g/mol. The Labute approximate surface area is 108 Å². The summed E-state index contributed by atoms with van der Waals surface area (Å²) in [7, 11) is 0. The van der Waals surface area contributed by atoms with Crippen LogP contribution in [-0.2, 0) is 0 Å². The molecule has 1 aromatic carbocycles. The fourth-order valence-corrected chi connectivity index (χ4v) is 1.66. The molecule has 0 spiro atoms. The van der Waals surface area contributed by atoms with E-state index < -0.39 is 0 Å². The van der Waals surface area contributed by atoms with Gasteiger partial charge in [-0.2, -0.15) is 4.98 Å². The van der Waals surface area contributed by atoms with Gasteiger partial charge in [-0.05, 0) is 25.5 Å². The Kier molecular flexibility index (Phi) is 3.60. The molecule has 0 N–H and O–H groups in total. The first-order chi connectivity index (χ1) is 8.56. The molecule has 0 amide bonds. The third kappa shape index (κ3) is 2.86. The van der Waals surface area contributed by atoms with Crippen LogP contribution in [-0.4, -0.2) is 9.97 Å². The van der Waals surface area contributed by atoms with Gasteiger partial charge >= 0.3 is 0 Å². The Morgan fingerprint density at radius 1 is 1.06 bits per heavy atom. The van der Waals surface area contributed by atoms with Crippen molar-refractivity contribution in [2.45, 2.75) is 33.6 Å². The van der Waals surface area contributed by atoms with E-state index in [1.54, 1.807) is 0 Å². The van der Waals surface area contributed by atoms with Crippen molar-refractivity contribution in [1.82, 2.24) is 9.97 Å². The topological polar surface area (TPSA) is 35.0 Å². The lowest BCUT2D eigenvalue weighted by molar-refractivity contribution is 0.452. The largest absolute Gasteiger partial charge is 0.439 e. The highest BCUT2D eigenvalue weighted by Gasteiger charge is 2.08. The van der Waals surface area contributed by atoms with Crippen LogP contribution in [0.1, 0.15) is 36.8 Å². The van der Waals surface area contributed by atoms with E-state index in [0.717, 1.165) is 22.8 Å². The third-order valence-electron chi connectivity index (χ3n) is 2.67. The molecule has 1 heterocycles. The van der Waals surface area contributed by atoms with E-state index in [1.165, 1.54) is 0 Å². The quantitative estimate of drug-likeness (QED) is 0.815. The van der Waals surface area contributed by atoms with Crippen LogP contribution in [0, 0.1) is 13.8 Å². The lowest BCUT2D eigenvalue weighted by Gasteiger charge is -2.10. The summed E-state index contributed by atoms with van der Waals surface area (Å²) in [5, 5.41) is 0. The predicted octanol–water partition coefficient (Wildman–Crippen LogP) is 4.01. The number of hydrogen-bond donors (Lipinski definition) is 0. The molecule has 0 saturated carbocycles. The Hall–Kier alpha value is -1.90. The zero-order chi connectivity index (χ0) is 13.1. The minimum Gasteiger partial charge on any atom is -0.439 e. The molecule has 18 heavy (non-hydrogen) atoms. The van der Waals surface area contributed by atoms with Gasteiger partial charge in [-0.3, -0.25) is 0 Å². The first-order valence-corrected chi connectivity index (χ1v) is 6.15. The summed E-state index contributed by atoms with van der Waals surface area (Å²) >= 11 is 0. The summed E-state index contributed by atoms with van der Waals surface area (Å²) in [6.45, 7) is 8.13. The zero-order valence-electron chi connectivity index (χ0n) is 11.3. The van der Waals surface area contributed by atoms with E-state index in [0.29, 0.717) is 11.8 Å². The molecule has 3 nitrogen and oxygen atoms in total. The van der Waals surface area contributed by atoms with E-state index in [1.807, 2.05) is 44.2 Å². The number of aryl methyl sites for hydroxylation is 2. The van der Waals surface area contributed by atoms with Crippen molar-refractivity contribution in [3.8, 4) is 11.6 Å². The number of aromatic nitrogens is 2. The first kappa shape index (κ1) is 12.6. The molecule has 3 heteroatoms. The summed E-state index contributed by atoms with van der Waals surface area (Å²) in [6.07, 6.45) is 0. The van der Waals surface area contributed by atoms with E-state index in [4.69, 9.17) is 4.74 Å². The number of nitrogens with zero attached hydrogens (tertiary/aromatic N) is 2. The molecule has 0 fully saturated rings. The number of rotatable bonds is 3. The van der Waals surface area contributed by atoms with E-state index in [-0.39, 0.29) is 0 Å². The van der Waals surface area contributed by atoms with Gasteiger partial charge in [-0.1, -0.05) is 32.0 Å². The minimum atomic E-state index is 0.295. The van der Waals surface area contributed by atoms with Crippen LogP contribution in [0.2, 0.25) is 0 Å². The van der Waals surface area contributed by atoms with Crippen molar-refractivity contribution in [3.05, 3.63) is 47.4 Å². The molecule has 0 atom stereocenters. The normalized spacial score (nSPS) is 10.7. The molecule has 2 rings (SSSR count). The third-order valence-corrected chi connectivity index (χ3v) is 2.67. The maximum atomic E-state index is 5.83. The first-order valence-electron chi connectivity index (χ1n) is 6.15. The van der Waals surface area contributed by atoms with Gasteiger partial charge in [0.05, 0.1) is 0 Å². The summed E-state index contributed by atoms with van der Waals surface area (Å²) < 4.78 is 5.83. The summed E-state index contributed by atoms with van der Waals surface area (Å²) in [4.78, 5) is 8.84. The van der Waals surface area contributed by atoms with E-state index in [9.17, 15) is 0 Å². The van der Waals surface area contributed by atoms with Crippen molar-refractivity contribution in [2.24, 2.45) is 0 Å².